The Hall–Kier alpha value is -4.67. The molecule has 220 valence electrons. The summed E-state index contributed by atoms with van der Waals surface area (Å²) in [5, 5.41) is 16.6. The van der Waals surface area contributed by atoms with Gasteiger partial charge in [0.05, 0.1) is 11.3 Å². The SMILES string of the molecule is Cc1[nH]c2ccc(C(=O)N[C@@H](Cc3ccccc3)C(=O)N3C(=O)O[C@]4(CCCNC4)c4cc(Cl)ccc43)cc2c1C(=O)O. The molecule has 1 aromatic heterocycles. The van der Waals surface area contributed by atoms with Crippen molar-refractivity contribution in [3.63, 3.8) is 0 Å². The predicted molar refractivity (Wildman–Crippen MR) is 161 cm³/mol. The third kappa shape index (κ3) is 5.24. The summed E-state index contributed by atoms with van der Waals surface area (Å²) in [7, 11) is 0. The van der Waals surface area contributed by atoms with E-state index in [4.69, 9.17) is 16.3 Å². The first-order chi connectivity index (χ1) is 20.7. The molecule has 1 saturated heterocycles. The average molecular weight is 601 g/mol. The number of carbonyl (C=O) groups excluding carboxylic acids is 3. The molecule has 6 rings (SSSR count). The smallest absolute Gasteiger partial charge is 0.422 e. The topological polar surface area (TPSA) is 141 Å². The Morgan fingerprint density at radius 3 is 2.63 bits per heavy atom. The van der Waals surface area contributed by atoms with Crippen LogP contribution >= 0.6 is 11.6 Å². The third-order valence-corrected chi connectivity index (χ3v) is 8.30. The molecule has 4 aromatic rings. The van der Waals surface area contributed by atoms with Gasteiger partial charge >= 0.3 is 12.1 Å². The number of piperidine rings is 1. The van der Waals surface area contributed by atoms with Crippen LogP contribution in [0.15, 0.2) is 66.7 Å². The number of nitrogens with one attached hydrogen (secondary N) is 3. The standard InChI is InChI=1S/C32H29ClN4O6/c1-18-27(30(40)41)22-15-20(8-10-24(22)35-18)28(38)36-25(14-19-6-3-2-4-7-19)29(39)37-26-11-9-21(33)16-23(26)32(43-31(37)42)12-5-13-34-17-32/h2-4,6-11,15-16,25,34-35H,5,12-14,17H2,1H3,(H,36,38)(H,40,41)/t25-,32-/m0/s1. The van der Waals surface area contributed by atoms with Crippen molar-refractivity contribution < 1.29 is 29.0 Å². The summed E-state index contributed by atoms with van der Waals surface area (Å²) in [5.41, 5.74) is 2.05. The Labute approximate surface area is 252 Å². The number of aryl methyl sites for hydroxylation is 1. The number of aromatic amines is 1. The molecule has 0 saturated carbocycles. The van der Waals surface area contributed by atoms with Crippen molar-refractivity contribution in [2.75, 3.05) is 18.0 Å². The van der Waals surface area contributed by atoms with Crippen molar-refractivity contribution in [2.45, 2.75) is 37.8 Å². The van der Waals surface area contributed by atoms with Gasteiger partial charge < -0.3 is 25.5 Å². The molecule has 1 spiro atoms. The van der Waals surface area contributed by atoms with Gasteiger partial charge in [-0.1, -0.05) is 41.9 Å². The van der Waals surface area contributed by atoms with E-state index in [-0.39, 0.29) is 17.5 Å². The van der Waals surface area contributed by atoms with Crippen LogP contribution in [0.5, 0.6) is 0 Å². The second-order valence-electron chi connectivity index (χ2n) is 10.9. The number of fused-ring (bicyclic) bond motifs is 3. The van der Waals surface area contributed by atoms with E-state index < -0.39 is 35.5 Å². The Kier molecular flexibility index (Phi) is 7.41. The molecule has 3 aromatic carbocycles. The zero-order chi connectivity index (χ0) is 30.3. The zero-order valence-corrected chi connectivity index (χ0v) is 24.0. The monoisotopic (exact) mass is 600 g/mol. The first-order valence-electron chi connectivity index (χ1n) is 13.9. The molecule has 2 atom stereocenters. The minimum atomic E-state index is -1.16. The highest BCUT2D eigenvalue weighted by atomic mass is 35.5. The second-order valence-corrected chi connectivity index (χ2v) is 11.3. The predicted octanol–water partition coefficient (Wildman–Crippen LogP) is 4.93. The van der Waals surface area contributed by atoms with Crippen LogP contribution in [0.4, 0.5) is 10.5 Å². The summed E-state index contributed by atoms with van der Waals surface area (Å²) in [6, 6.07) is 17.6. The number of nitrogens with zero attached hydrogens (tertiary/aromatic N) is 1. The number of hydrogen-bond donors (Lipinski definition) is 4. The average Bonchev–Trinajstić information content (AvgIpc) is 3.33. The Balaban J connectivity index is 1.37. The first kappa shape index (κ1) is 28.4. The fourth-order valence-corrected chi connectivity index (χ4v) is 6.20. The summed E-state index contributed by atoms with van der Waals surface area (Å²) in [5.74, 6) is -2.39. The van der Waals surface area contributed by atoms with Gasteiger partial charge in [-0.25, -0.2) is 14.5 Å². The van der Waals surface area contributed by atoms with Gasteiger partial charge in [0.2, 0.25) is 0 Å². The number of carbonyl (C=O) groups is 4. The van der Waals surface area contributed by atoms with Gasteiger partial charge in [-0.2, -0.15) is 0 Å². The molecular formula is C32H29ClN4O6. The first-order valence-corrected chi connectivity index (χ1v) is 14.3. The van der Waals surface area contributed by atoms with E-state index in [1.807, 2.05) is 30.3 Å². The van der Waals surface area contributed by atoms with Crippen LogP contribution in [-0.2, 0) is 21.6 Å². The lowest BCUT2D eigenvalue weighted by Crippen LogP contribution is -2.58. The van der Waals surface area contributed by atoms with Gasteiger partial charge in [-0.3, -0.25) is 9.59 Å². The molecule has 4 N–H and O–H groups in total. The van der Waals surface area contributed by atoms with Crippen LogP contribution in [0, 0.1) is 6.92 Å². The summed E-state index contributed by atoms with van der Waals surface area (Å²) >= 11 is 6.36. The quantitative estimate of drug-likeness (QED) is 0.246. The molecule has 3 amide bonds. The molecule has 0 unspecified atom stereocenters. The van der Waals surface area contributed by atoms with Gasteiger partial charge in [-0.05, 0) is 68.3 Å². The minimum absolute atomic E-state index is 0.0685. The number of halogens is 1. The fourth-order valence-electron chi connectivity index (χ4n) is 6.03. The second kappa shape index (κ2) is 11.2. The normalized spacial score (nSPS) is 18.7. The van der Waals surface area contributed by atoms with Gasteiger partial charge in [0.25, 0.3) is 11.8 Å². The number of hydrogen-bond acceptors (Lipinski definition) is 6. The van der Waals surface area contributed by atoms with E-state index in [1.165, 1.54) is 6.07 Å². The fraction of sp³-hybridized carbons (Fsp3) is 0.250. The molecule has 2 aliphatic rings. The number of aromatic carboxylic acids is 1. The van der Waals surface area contributed by atoms with Gasteiger partial charge in [0.15, 0.2) is 5.60 Å². The number of imide groups is 1. The van der Waals surface area contributed by atoms with Crippen molar-refractivity contribution in [1.82, 2.24) is 15.6 Å². The highest BCUT2D eigenvalue weighted by Crippen LogP contribution is 2.44. The lowest BCUT2D eigenvalue weighted by atomic mass is 9.84. The van der Waals surface area contributed by atoms with Crippen molar-refractivity contribution in [1.29, 1.82) is 0 Å². The highest BCUT2D eigenvalue weighted by Gasteiger charge is 2.48. The minimum Gasteiger partial charge on any atom is -0.478 e. The van der Waals surface area contributed by atoms with E-state index in [2.05, 4.69) is 15.6 Å². The van der Waals surface area contributed by atoms with Crippen molar-refractivity contribution in [2.24, 2.45) is 0 Å². The zero-order valence-electron chi connectivity index (χ0n) is 23.3. The van der Waals surface area contributed by atoms with Crippen LogP contribution in [0.2, 0.25) is 5.02 Å². The Morgan fingerprint density at radius 1 is 1.12 bits per heavy atom. The lowest BCUT2D eigenvalue weighted by molar-refractivity contribution is -0.120. The number of aromatic nitrogens is 1. The molecule has 2 aliphatic heterocycles. The summed E-state index contributed by atoms with van der Waals surface area (Å²) in [6.07, 6.45) is 0.613. The van der Waals surface area contributed by atoms with E-state index in [9.17, 15) is 24.3 Å². The molecule has 3 heterocycles. The largest absolute Gasteiger partial charge is 0.478 e. The number of carboxylic acids is 1. The van der Waals surface area contributed by atoms with E-state index in [0.29, 0.717) is 45.8 Å². The Morgan fingerprint density at radius 2 is 1.91 bits per heavy atom. The van der Waals surface area contributed by atoms with Crippen LogP contribution in [0.1, 0.15) is 50.4 Å². The van der Waals surface area contributed by atoms with E-state index >= 15 is 0 Å². The van der Waals surface area contributed by atoms with Crippen LogP contribution in [0.3, 0.4) is 0 Å². The molecule has 0 radical (unpaired) electrons. The van der Waals surface area contributed by atoms with Crippen LogP contribution in [-0.4, -0.2) is 53.1 Å². The molecule has 0 bridgehead atoms. The number of anilines is 1. The van der Waals surface area contributed by atoms with Gasteiger partial charge in [-0.15, -0.1) is 0 Å². The molecule has 10 nitrogen and oxygen atoms in total. The van der Waals surface area contributed by atoms with Crippen LogP contribution in [0.25, 0.3) is 10.9 Å². The number of rotatable bonds is 6. The van der Waals surface area contributed by atoms with Gasteiger partial charge in [0, 0.05) is 45.7 Å². The maximum absolute atomic E-state index is 14.2. The van der Waals surface area contributed by atoms with E-state index in [0.717, 1.165) is 23.4 Å². The third-order valence-electron chi connectivity index (χ3n) is 8.07. The molecule has 0 aliphatic carbocycles. The number of benzene rings is 3. The lowest BCUT2D eigenvalue weighted by Gasteiger charge is -2.44. The molecular weight excluding hydrogens is 572 g/mol. The Bertz CT molecular complexity index is 1760. The van der Waals surface area contributed by atoms with Crippen molar-refractivity contribution in [3.05, 3.63) is 99.7 Å². The molecule has 1 fully saturated rings. The number of H-pyrrole nitrogens is 1. The van der Waals surface area contributed by atoms with Crippen molar-refractivity contribution >= 4 is 52.1 Å². The number of amides is 3. The molecule has 43 heavy (non-hydrogen) atoms. The maximum atomic E-state index is 14.2. The number of ether oxygens (including phenoxy) is 1. The summed E-state index contributed by atoms with van der Waals surface area (Å²) in [6.45, 7) is 2.82. The highest BCUT2D eigenvalue weighted by molar-refractivity contribution is 6.31. The summed E-state index contributed by atoms with van der Waals surface area (Å²) in [4.78, 5) is 57.3. The van der Waals surface area contributed by atoms with E-state index in [1.54, 1.807) is 37.3 Å². The van der Waals surface area contributed by atoms with Crippen LogP contribution < -0.4 is 15.5 Å². The van der Waals surface area contributed by atoms with Crippen molar-refractivity contribution in [3.8, 4) is 0 Å². The number of carboxylic acid groups (broad SMARTS) is 1. The van der Waals surface area contributed by atoms with Gasteiger partial charge in [0.1, 0.15) is 6.04 Å². The maximum Gasteiger partial charge on any atom is 0.422 e. The molecule has 11 heteroatoms. The summed E-state index contributed by atoms with van der Waals surface area (Å²) < 4.78 is 5.98.